The molecule has 1 saturated carbocycles. The molecule has 3 aromatic rings. The zero-order valence-electron chi connectivity index (χ0n) is 16.4. The Hall–Kier alpha value is -3.42. The van der Waals surface area contributed by atoms with Gasteiger partial charge in [0.05, 0.1) is 11.8 Å². The van der Waals surface area contributed by atoms with Gasteiger partial charge in [-0.25, -0.2) is 4.98 Å². The summed E-state index contributed by atoms with van der Waals surface area (Å²) in [6.07, 6.45) is -0.344. The minimum atomic E-state index is -4.52. The largest absolute Gasteiger partial charge is 0.444 e. The summed E-state index contributed by atoms with van der Waals surface area (Å²) >= 11 is 0. The Bertz CT molecular complexity index is 1090. The number of hydrogen-bond donors (Lipinski definition) is 1. The molecule has 1 N–H and O–H groups in total. The second-order valence-electron chi connectivity index (χ2n) is 7.67. The number of benzene rings is 2. The molecule has 5 nitrogen and oxygen atoms in total. The molecule has 4 rings (SSSR count). The zero-order valence-corrected chi connectivity index (χ0v) is 16.4. The molecular formula is C23H19F3N2O3. The van der Waals surface area contributed by atoms with Gasteiger partial charge in [0.25, 0.3) is 5.91 Å². The number of carbonyl (C=O) groups is 2. The van der Waals surface area contributed by atoms with Crippen LogP contribution in [0.1, 0.15) is 36.8 Å². The lowest BCUT2D eigenvalue weighted by atomic mass is 9.60. The third-order valence-electron chi connectivity index (χ3n) is 5.73. The Morgan fingerprint density at radius 1 is 1.06 bits per heavy atom. The molecular weight excluding hydrogens is 409 g/mol. The van der Waals surface area contributed by atoms with E-state index in [-0.39, 0.29) is 12.0 Å². The highest BCUT2D eigenvalue weighted by Gasteiger charge is 2.46. The van der Waals surface area contributed by atoms with Crippen LogP contribution in [0.2, 0.25) is 0 Å². The fourth-order valence-electron chi connectivity index (χ4n) is 4.00. The smallest absolute Gasteiger partial charge is 0.416 e. The standard InChI is InChI=1S/C23H19F3N2O3/c24-23(25,26)18-5-2-1-4-17(18)22(10-3-11-22)12-19(29)21(30)28-16-8-6-15(7-9-16)20-13-27-14-31-20/h1-2,4-9,13-14H,3,10-12H2,(H,28,30). The summed E-state index contributed by atoms with van der Waals surface area (Å²) in [6.45, 7) is 0. The molecule has 1 aromatic heterocycles. The number of Topliss-reactive ketones (excluding diaryl/α,β-unsaturated/α-hetero) is 1. The monoisotopic (exact) mass is 428 g/mol. The first kappa shape index (κ1) is 20.8. The Kier molecular flexibility index (Phi) is 5.39. The molecule has 0 spiro atoms. The minimum Gasteiger partial charge on any atom is -0.444 e. The summed E-state index contributed by atoms with van der Waals surface area (Å²) in [6, 6.07) is 11.9. The van der Waals surface area contributed by atoms with E-state index in [9.17, 15) is 22.8 Å². The van der Waals surface area contributed by atoms with Gasteiger partial charge >= 0.3 is 6.18 Å². The van der Waals surface area contributed by atoms with Crippen molar-refractivity contribution in [1.29, 1.82) is 0 Å². The molecule has 1 aliphatic carbocycles. The third-order valence-corrected chi connectivity index (χ3v) is 5.73. The average Bonchev–Trinajstić information content (AvgIpc) is 3.25. The van der Waals surface area contributed by atoms with Gasteiger partial charge in [-0.3, -0.25) is 9.59 Å². The van der Waals surface area contributed by atoms with Crippen molar-refractivity contribution in [3.63, 3.8) is 0 Å². The Labute approximate surface area is 176 Å². The minimum absolute atomic E-state index is 0.0892. The number of ketones is 1. The lowest BCUT2D eigenvalue weighted by molar-refractivity contribution is -0.140. The van der Waals surface area contributed by atoms with E-state index >= 15 is 0 Å². The molecule has 0 unspecified atom stereocenters. The molecule has 2 aromatic carbocycles. The van der Waals surface area contributed by atoms with Crippen LogP contribution in [0, 0.1) is 0 Å². The predicted octanol–water partition coefficient (Wildman–Crippen LogP) is 5.38. The number of nitrogens with one attached hydrogen (secondary N) is 1. The van der Waals surface area contributed by atoms with Gasteiger partial charge in [-0.2, -0.15) is 13.2 Å². The molecule has 160 valence electrons. The van der Waals surface area contributed by atoms with Gasteiger partial charge in [-0.05, 0) is 48.7 Å². The van der Waals surface area contributed by atoms with Crippen molar-refractivity contribution in [2.75, 3.05) is 5.32 Å². The lowest BCUT2D eigenvalue weighted by Gasteiger charge is -2.43. The summed E-state index contributed by atoms with van der Waals surface area (Å²) in [7, 11) is 0. The summed E-state index contributed by atoms with van der Waals surface area (Å²) in [4.78, 5) is 28.9. The van der Waals surface area contributed by atoms with Crippen LogP contribution in [0.5, 0.6) is 0 Å². The topological polar surface area (TPSA) is 72.2 Å². The molecule has 1 aliphatic rings. The Morgan fingerprint density at radius 3 is 2.35 bits per heavy atom. The number of aromatic nitrogens is 1. The molecule has 8 heteroatoms. The second kappa shape index (κ2) is 8.02. The average molecular weight is 428 g/mol. The maximum Gasteiger partial charge on any atom is 0.416 e. The number of rotatable bonds is 6. The molecule has 0 atom stereocenters. The number of anilines is 1. The van der Waals surface area contributed by atoms with Crippen molar-refractivity contribution in [2.24, 2.45) is 0 Å². The van der Waals surface area contributed by atoms with Crippen LogP contribution in [0.4, 0.5) is 18.9 Å². The highest BCUT2D eigenvalue weighted by atomic mass is 19.4. The van der Waals surface area contributed by atoms with Crippen LogP contribution in [-0.4, -0.2) is 16.7 Å². The van der Waals surface area contributed by atoms with Crippen molar-refractivity contribution in [3.8, 4) is 11.3 Å². The quantitative estimate of drug-likeness (QED) is 0.535. The molecule has 1 heterocycles. The van der Waals surface area contributed by atoms with E-state index in [0.29, 0.717) is 30.7 Å². The normalized spacial score (nSPS) is 15.2. The Balaban J connectivity index is 1.48. The van der Waals surface area contributed by atoms with E-state index in [2.05, 4.69) is 10.3 Å². The van der Waals surface area contributed by atoms with Crippen molar-refractivity contribution in [3.05, 3.63) is 72.2 Å². The first-order valence-electron chi connectivity index (χ1n) is 9.78. The van der Waals surface area contributed by atoms with Gasteiger partial charge in [0.2, 0.25) is 5.78 Å². The number of hydrogen-bond acceptors (Lipinski definition) is 4. The molecule has 1 fully saturated rings. The molecule has 0 saturated heterocycles. The SMILES string of the molecule is O=C(CC1(c2ccccc2C(F)(F)F)CCC1)C(=O)Nc1ccc(-c2cnco2)cc1. The van der Waals surface area contributed by atoms with E-state index in [1.807, 2.05) is 0 Å². The van der Waals surface area contributed by atoms with Crippen LogP contribution in [0.25, 0.3) is 11.3 Å². The van der Waals surface area contributed by atoms with Gasteiger partial charge in [-0.1, -0.05) is 24.6 Å². The number of halogens is 3. The van der Waals surface area contributed by atoms with E-state index in [0.717, 1.165) is 11.6 Å². The van der Waals surface area contributed by atoms with E-state index in [1.54, 1.807) is 30.5 Å². The molecule has 31 heavy (non-hydrogen) atoms. The third kappa shape index (κ3) is 4.23. The van der Waals surface area contributed by atoms with E-state index < -0.39 is 28.8 Å². The van der Waals surface area contributed by atoms with Gasteiger partial charge in [0, 0.05) is 23.1 Å². The summed E-state index contributed by atoms with van der Waals surface area (Å²) in [5, 5.41) is 2.52. The summed E-state index contributed by atoms with van der Waals surface area (Å²) in [5.74, 6) is -1.02. The second-order valence-corrected chi connectivity index (χ2v) is 7.67. The zero-order chi connectivity index (χ0) is 22.1. The lowest BCUT2D eigenvalue weighted by Crippen LogP contribution is -2.41. The van der Waals surface area contributed by atoms with Gasteiger partial charge in [-0.15, -0.1) is 0 Å². The van der Waals surface area contributed by atoms with Crippen molar-refractivity contribution >= 4 is 17.4 Å². The van der Waals surface area contributed by atoms with E-state index in [4.69, 9.17) is 4.42 Å². The fraction of sp³-hybridized carbons (Fsp3) is 0.261. The van der Waals surface area contributed by atoms with Gasteiger partial charge in [0.15, 0.2) is 12.2 Å². The molecule has 0 aliphatic heterocycles. The maximum atomic E-state index is 13.5. The number of carbonyl (C=O) groups excluding carboxylic acids is 2. The van der Waals surface area contributed by atoms with Crippen molar-refractivity contribution < 1.29 is 27.2 Å². The first-order chi connectivity index (χ1) is 14.8. The van der Waals surface area contributed by atoms with Crippen LogP contribution in [0.15, 0.2) is 65.5 Å². The van der Waals surface area contributed by atoms with Crippen molar-refractivity contribution in [2.45, 2.75) is 37.3 Å². The highest BCUT2D eigenvalue weighted by Crippen LogP contribution is 2.50. The Morgan fingerprint density at radius 2 is 1.77 bits per heavy atom. The van der Waals surface area contributed by atoms with Crippen molar-refractivity contribution in [1.82, 2.24) is 4.98 Å². The molecule has 1 amide bonds. The predicted molar refractivity (Wildman–Crippen MR) is 107 cm³/mol. The fourth-order valence-corrected chi connectivity index (χ4v) is 4.00. The number of alkyl halides is 3. The van der Waals surface area contributed by atoms with Gasteiger partial charge in [0.1, 0.15) is 0 Å². The van der Waals surface area contributed by atoms with Crippen LogP contribution < -0.4 is 5.32 Å². The summed E-state index contributed by atoms with van der Waals surface area (Å²) in [5.41, 5.74) is -0.465. The molecule has 0 radical (unpaired) electrons. The van der Waals surface area contributed by atoms with Crippen LogP contribution in [-0.2, 0) is 21.2 Å². The number of nitrogens with zero attached hydrogens (tertiary/aromatic N) is 1. The van der Waals surface area contributed by atoms with Crippen LogP contribution >= 0.6 is 0 Å². The maximum absolute atomic E-state index is 13.5. The molecule has 0 bridgehead atoms. The van der Waals surface area contributed by atoms with Crippen LogP contribution in [0.3, 0.4) is 0 Å². The van der Waals surface area contributed by atoms with E-state index in [1.165, 1.54) is 24.6 Å². The number of amides is 1. The highest BCUT2D eigenvalue weighted by molar-refractivity contribution is 6.40. The van der Waals surface area contributed by atoms with Gasteiger partial charge < -0.3 is 9.73 Å². The number of oxazole rings is 1. The summed E-state index contributed by atoms with van der Waals surface area (Å²) < 4.78 is 45.6. The first-order valence-corrected chi connectivity index (χ1v) is 9.78.